The van der Waals surface area contributed by atoms with Crippen molar-refractivity contribution in [3.05, 3.63) is 53.1 Å². The third kappa shape index (κ3) is 8.41. The highest BCUT2D eigenvalue weighted by Gasteiger charge is 2.64. The first-order chi connectivity index (χ1) is 24.9. The second kappa shape index (κ2) is 16.4. The van der Waals surface area contributed by atoms with Gasteiger partial charge in [-0.3, -0.25) is 9.59 Å². The van der Waals surface area contributed by atoms with Crippen LogP contribution >= 0.6 is 0 Å². The quantitative estimate of drug-likeness (QED) is 0.0973. The van der Waals surface area contributed by atoms with Crippen LogP contribution in [0.4, 0.5) is 0 Å². The SMILES string of the molecule is C[C@H](O)[C@@H](NC(=O)C1=C[C@H]2OC(C3CC3)(C3CC3)O[C@H]2[C@H](OC(=O)c2cccc(C=CCO[C@H]3O[C@H](CO)[C@H](O)[C@H](O)[C@H]3O)c2)C1)C(=O)NCCO. The van der Waals surface area contributed by atoms with Crippen LogP contribution in [0.3, 0.4) is 0 Å². The molecule has 8 N–H and O–H groups in total. The average Bonchev–Trinajstić information content (AvgIpc) is 4.08. The average molecular weight is 733 g/mol. The first kappa shape index (κ1) is 38.4. The summed E-state index contributed by atoms with van der Waals surface area (Å²) in [6.07, 6.45) is -1.84. The van der Waals surface area contributed by atoms with Gasteiger partial charge in [0.1, 0.15) is 48.8 Å². The van der Waals surface area contributed by atoms with Gasteiger partial charge in [0.25, 0.3) is 0 Å². The van der Waals surface area contributed by atoms with Gasteiger partial charge in [0.15, 0.2) is 12.1 Å². The maximum absolute atomic E-state index is 13.6. The van der Waals surface area contributed by atoms with E-state index in [-0.39, 0.29) is 49.2 Å². The minimum absolute atomic E-state index is 0.0345. The highest BCUT2D eigenvalue weighted by atomic mass is 16.8. The van der Waals surface area contributed by atoms with Crippen molar-refractivity contribution in [2.75, 3.05) is 26.4 Å². The van der Waals surface area contributed by atoms with Gasteiger partial charge in [-0.05, 0) is 56.4 Å². The van der Waals surface area contributed by atoms with E-state index in [1.165, 1.54) is 6.92 Å². The fourth-order valence-corrected chi connectivity index (χ4v) is 7.01. The molecule has 3 aliphatic carbocycles. The number of aliphatic hydroxyl groups is 6. The molecule has 4 fully saturated rings. The highest BCUT2D eigenvalue weighted by Crippen LogP contribution is 2.59. The van der Waals surface area contributed by atoms with Crippen LogP contribution in [0.25, 0.3) is 6.08 Å². The molecule has 16 heteroatoms. The second-order valence-corrected chi connectivity index (χ2v) is 14.0. The highest BCUT2D eigenvalue weighted by molar-refractivity contribution is 5.97. The number of rotatable bonds is 15. The van der Waals surface area contributed by atoms with Crippen LogP contribution in [0, 0.1) is 11.8 Å². The number of esters is 1. The minimum Gasteiger partial charge on any atom is -0.456 e. The van der Waals surface area contributed by atoms with Gasteiger partial charge < -0.3 is 65.0 Å². The molecular weight excluding hydrogens is 684 g/mol. The summed E-state index contributed by atoms with van der Waals surface area (Å²) in [4.78, 5) is 39.8. The molecule has 2 saturated heterocycles. The Labute approximate surface area is 300 Å². The molecule has 5 aliphatic rings. The van der Waals surface area contributed by atoms with Crippen LogP contribution in [0.2, 0.25) is 0 Å². The number of hydrogen-bond donors (Lipinski definition) is 8. The zero-order chi connectivity index (χ0) is 37.2. The molecule has 0 bridgehead atoms. The van der Waals surface area contributed by atoms with Gasteiger partial charge in [-0.1, -0.05) is 24.3 Å². The van der Waals surface area contributed by atoms with Crippen molar-refractivity contribution in [3.63, 3.8) is 0 Å². The van der Waals surface area contributed by atoms with Crippen molar-refractivity contribution < 1.29 is 68.7 Å². The van der Waals surface area contributed by atoms with E-state index in [0.717, 1.165) is 25.7 Å². The van der Waals surface area contributed by atoms with Crippen molar-refractivity contribution in [3.8, 4) is 0 Å². The Hall–Kier alpha value is -3.29. The van der Waals surface area contributed by atoms with Gasteiger partial charge in [-0.25, -0.2) is 4.79 Å². The van der Waals surface area contributed by atoms with E-state index in [9.17, 15) is 39.9 Å². The van der Waals surface area contributed by atoms with Crippen LogP contribution in [-0.2, 0) is 33.3 Å². The van der Waals surface area contributed by atoms with Gasteiger partial charge >= 0.3 is 5.97 Å². The van der Waals surface area contributed by atoms with E-state index in [1.54, 1.807) is 42.5 Å². The van der Waals surface area contributed by atoms with Crippen LogP contribution in [0.5, 0.6) is 0 Å². The van der Waals surface area contributed by atoms with E-state index < -0.39 is 91.3 Å². The lowest BCUT2D eigenvalue weighted by molar-refractivity contribution is -0.298. The largest absolute Gasteiger partial charge is 0.456 e. The van der Waals surface area contributed by atoms with Crippen molar-refractivity contribution in [2.24, 2.45) is 11.8 Å². The molecule has 2 heterocycles. The van der Waals surface area contributed by atoms with Crippen LogP contribution < -0.4 is 10.6 Å². The van der Waals surface area contributed by atoms with Gasteiger partial charge in [0.2, 0.25) is 11.8 Å². The lowest BCUT2D eigenvalue weighted by atomic mass is 9.91. The molecule has 0 aromatic heterocycles. The number of amides is 2. The molecule has 1 aromatic carbocycles. The van der Waals surface area contributed by atoms with Crippen LogP contribution in [0.1, 0.15) is 54.9 Å². The number of carbonyl (C=O) groups excluding carboxylic acids is 3. The first-order valence-corrected chi connectivity index (χ1v) is 17.8. The Morgan fingerprint density at radius 1 is 1.04 bits per heavy atom. The summed E-state index contributed by atoms with van der Waals surface area (Å²) in [5, 5.41) is 63.8. The number of carbonyl (C=O) groups is 3. The molecule has 2 amide bonds. The van der Waals surface area contributed by atoms with Crippen molar-refractivity contribution in [2.45, 2.75) is 106 Å². The summed E-state index contributed by atoms with van der Waals surface area (Å²) in [6.45, 7) is 0.355. The third-order valence-electron chi connectivity index (χ3n) is 10.1. The normalized spacial score (nSPS) is 32.4. The van der Waals surface area contributed by atoms with E-state index in [1.807, 2.05) is 0 Å². The predicted octanol–water partition coefficient (Wildman–Crippen LogP) is -1.35. The maximum Gasteiger partial charge on any atom is 0.338 e. The van der Waals surface area contributed by atoms with E-state index >= 15 is 0 Å². The Morgan fingerprint density at radius 3 is 2.42 bits per heavy atom. The minimum atomic E-state index is -1.56. The Kier molecular flexibility index (Phi) is 12.1. The maximum atomic E-state index is 13.6. The number of fused-ring (bicyclic) bond motifs is 1. The molecule has 0 radical (unpaired) electrons. The van der Waals surface area contributed by atoms with Gasteiger partial charge in [0.05, 0.1) is 31.5 Å². The monoisotopic (exact) mass is 732 g/mol. The molecule has 10 atom stereocenters. The molecule has 6 rings (SSSR count). The smallest absolute Gasteiger partial charge is 0.338 e. The number of nitrogens with one attached hydrogen (secondary N) is 2. The molecule has 0 unspecified atom stereocenters. The Bertz CT molecular complexity index is 1500. The molecule has 286 valence electrons. The fraction of sp³-hybridized carbons (Fsp3) is 0.639. The summed E-state index contributed by atoms with van der Waals surface area (Å²) in [5.41, 5.74) is 1.04. The zero-order valence-corrected chi connectivity index (χ0v) is 28.8. The van der Waals surface area contributed by atoms with Crippen LogP contribution in [-0.4, -0.2) is 142 Å². The van der Waals surface area contributed by atoms with Crippen molar-refractivity contribution in [1.82, 2.24) is 10.6 Å². The molecule has 16 nitrogen and oxygen atoms in total. The summed E-state index contributed by atoms with van der Waals surface area (Å²) < 4.78 is 30.1. The molecule has 2 saturated carbocycles. The fourth-order valence-electron chi connectivity index (χ4n) is 7.01. The summed E-state index contributed by atoms with van der Waals surface area (Å²) in [6, 6.07) is 5.28. The second-order valence-electron chi connectivity index (χ2n) is 14.0. The van der Waals surface area contributed by atoms with Gasteiger partial charge in [-0.2, -0.15) is 0 Å². The molecule has 1 aromatic rings. The van der Waals surface area contributed by atoms with Gasteiger partial charge in [0, 0.05) is 30.4 Å². The number of hydrogen-bond acceptors (Lipinski definition) is 14. The summed E-state index contributed by atoms with van der Waals surface area (Å²) in [5.74, 6) is -2.38. The lowest BCUT2D eigenvalue weighted by Crippen LogP contribution is -2.59. The standard InChI is InChI=1S/C36H48N2O14/c1-18(41)27(33(46)37-11-12-39)38-32(45)21-15-24(31-25(16-21)51-36(52-31,22-7-8-22)23-9-10-23)49-34(47)20-6-2-4-19(14-20)5-3-13-48-35-30(44)29(43)28(42)26(17-40)50-35/h2-6,14,16,18,22-31,35,39-44H,7-13,15,17H2,1H3,(H,37,46)(H,38,45)/t18-,24+,25+,26+,27+,28-,29-,30+,31-,35-/m0/s1. The number of ether oxygens (including phenoxy) is 5. The van der Waals surface area contributed by atoms with E-state index in [2.05, 4.69) is 10.6 Å². The number of benzene rings is 1. The number of aliphatic hydroxyl groups excluding tert-OH is 6. The van der Waals surface area contributed by atoms with Crippen molar-refractivity contribution >= 4 is 23.9 Å². The lowest BCUT2D eigenvalue weighted by Gasteiger charge is -2.39. The topological polar surface area (TPSA) is 243 Å². The van der Waals surface area contributed by atoms with E-state index in [0.29, 0.717) is 5.56 Å². The molecular formula is C36H48N2O14. The molecule has 2 aliphatic heterocycles. The third-order valence-corrected chi connectivity index (χ3v) is 10.1. The van der Waals surface area contributed by atoms with Gasteiger partial charge in [-0.15, -0.1) is 0 Å². The Balaban J connectivity index is 1.13. The first-order valence-electron chi connectivity index (χ1n) is 17.8. The van der Waals surface area contributed by atoms with Crippen molar-refractivity contribution in [1.29, 1.82) is 0 Å². The van der Waals surface area contributed by atoms with Crippen LogP contribution in [0.15, 0.2) is 42.0 Å². The summed E-state index contributed by atoms with van der Waals surface area (Å²) in [7, 11) is 0. The summed E-state index contributed by atoms with van der Waals surface area (Å²) >= 11 is 0. The van der Waals surface area contributed by atoms with E-state index in [4.69, 9.17) is 28.8 Å². The molecule has 0 spiro atoms. The zero-order valence-electron chi connectivity index (χ0n) is 28.8. The Morgan fingerprint density at radius 2 is 1.77 bits per heavy atom. The predicted molar refractivity (Wildman–Crippen MR) is 179 cm³/mol. The molecule has 52 heavy (non-hydrogen) atoms.